The van der Waals surface area contributed by atoms with Crippen LogP contribution in [0.2, 0.25) is 0 Å². The lowest BCUT2D eigenvalue weighted by molar-refractivity contribution is 0.0344. The fourth-order valence-corrected chi connectivity index (χ4v) is 3.00. The third-order valence-electron chi connectivity index (χ3n) is 3.99. The first-order valence-corrected chi connectivity index (χ1v) is 7.24. The Labute approximate surface area is 118 Å². The van der Waals surface area contributed by atoms with Crippen LogP contribution in [-0.4, -0.2) is 46.8 Å². The van der Waals surface area contributed by atoms with Gasteiger partial charge in [-0.3, -0.25) is 4.90 Å². The molecule has 6 heteroatoms. The smallest absolute Gasteiger partial charge is 0.410 e. The number of fused-ring (bicyclic) bond motifs is 1. The van der Waals surface area contributed by atoms with Gasteiger partial charge in [-0.25, -0.2) is 9.78 Å². The van der Waals surface area contributed by atoms with Gasteiger partial charge in [0.05, 0.1) is 31.3 Å². The van der Waals surface area contributed by atoms with E-state index in [2.05, 4.69) is 23.8 Å². The molecule has 0 unspecified atom stereocenters. The Bertz CT molecular complexity index is 480. The van der Waals surface area contributed by atoms with Crippen molar-refractivity contribution >= 4 is 6.09 Å². The molecular weight excluding hydrogens is 258 g/mol. The monoisotopic (exact) mass is 279 g/mol. The van der Waals surface area contributed by atoms with Crippen molar-refractivity contribution in [2.75, 3.05) is 19.8 Å². The summed E-state index contributed by atoms with van der Waals surface area (Å²) in [5.41, 5.74) is 2.11. The molecular formula is C14H21N3O3. The van der Waals surface area contributed by atoms with E-state index in [1.165, 1.54) is 0 Å². The summed E-state index contributed by atoms with van der Waals surface area (Å²) in [6.07, 6.45) is 2.96. The summed E-state index contributed by atoms with van der Waals surface area (Å²) >= 11 is 0. The molecule has 0 saturated carbocycles. The van der Waals surface area contributed by atoms with Crippen LogP contribution < -0.4 is 0 Å². The second-order valence-corrected chi connectivity index (χ2v) is 5.77. The van der Waals surface area contributed by atoms with Gasteiger partial charge in [0.25, 0.3) is 0 Å². The molecule has 1 amide bonds. The molecule has 0 bridgehead atoms. The molecule has 6 nitrogen and oxygen atoms in total. The second-order valence-electron chi connectivity index (χ2n) is 5.77. The average Bonchev–Trinajstić information content (AvgIpc) is 3.06. The van der Waals surface area contributed by atoms with Gasteiger partial charge in [0, 0.05) is 25.1 Å². The van der Waals surface area contributed by atoms with E-state index in [-0.39, 0.29) is 18.2 Å². The lowest BCUT2D eigenvalue weighted by Gasteiger charge is -2.36. The number of carbonyl (C=O) groups is 1. The van der Waals surface area contributed by atoms with Crippen molar-refractivity contribution in [2.24, 2.45) is 5.92 Å². The van der Waals surface area contributed by atoms with Crippen molar-refractivity contribution < 1.29 is 14.3 Å². The largest absolute Gasteiger partial charge is 0.444 e. The molecule has 20 heavy (non-hydrogen) atoms. The van der Waals surface area contributed by atoms with E-state index in [1.54, 1.807) is 6.33 Å². The minimum atomic E-state index is -0.243. The summed E-state index contributed by atoms with van der Waals surface area (Å²) in [7, 11) is 0. The first kappa shape index (κ1) is 13.4. The van der Waals surface area contributed by atoms with E-state index < -0.39 is 0 Å². The molecule has 1 aromatic heterocycles. The highest BCUT2D eigenvalue weighted by Crippen LogP contribution is 2.33. The van der Waals surface area contributed by atoms with Crippen molar-refractivity contribution in [2.45, 2.75) is 38.8 Å². The van der Waals surface area contributed by atoms with Crippen molar-refractivity contribution in [3.63, 3.8) is 0 Å². The third kappa shape index (κ3) is 2.40. The number of ether oxygens (including phenoxy) is 2. The standard InChI is InChI=1S/C14H21N3O3/c1-9(2)13-12-11(15-8-16-12)3-5-17(13)14(18)20-10-4-6-19-7-10/h8-10,13H,3-7H2,1-2H3,(H,15,16)/t10-,13-/m0/s1. The van der Waals surface area contributed by atoms with Crippen LogP contribution in [0.3, 0.4) is 0 Å². The number of hydrogen-bond donors (Lipinski definition) is 1. The van der Waals surface area contributed by atoms with E-state index in [4.69, 9.17) is 9.47 Å². The number of aromatic amines is 1. The third-order valence-corrected chi connectivity index (χ3v) is 3.99. The van der Waals surface area contributed by atoms with E-state index in [9.17, 15) is 4.79 Å². The summed E-state index contributed by atoms with van der Waals surface area (Å²) in [4.78, 5) is 21.8. The number of rotatable bonds is 2. The molecule has 0 aliphatic carbocycles. The number of H-pyrrole nitrogens is 1. The van der Waals surface area contributed by atoms with Crippen LogP contribution in [0.1, 0.15) is 37.7 Å². The van der Waals surface area contributed by atoms with Gasteiger partial charge in [0.15, 0.2) is 0 Å². The van der Waals surface area contributed by atoms with E-state index in [0.717, 1.165) is 24.2 Å². The van der Waals surface area contributed by atoms with Crippen molar-refractivity contribution in [1.82, 2.24) is 14.9 Å². The Kier molecular flexibility index (Phi) is 3.65. The molecule has 1 fully saturated rings. The Morgan fingerprint density at radius 1 is 1.60 bits per heavy atom. The van der Waals surface area contributed by atoms with Crippen LogP contribution in [0.4, 0.5) is 4.79 Å². The van der Waals surface area contributed by atoms with Crippen molar-refractivity contribution in [1.29, 1.82) is 0 Å². The predicted octanol–water partition coefficient (Wildman–Crippen LogP) is 1.89. The Hall–Kier alpha value is -1.56. The SMILES string of the molecule is CC(C)[C@H]1c2nc[nH]c2CCN1C(=O)O[C@H]1CCOC1. The Balaban J connectivity index is 1.76. The number of carbonyl (C=O) groups excluding carboxylic acids is 1. The highest BCUT2D eigenvalue weighted by molar-refractivity contribution is 5.69. The molecule has 0 aromatic carbocycles. The zero-order valence-electron chi connectivity index (χ0n) is 12.0. The van der Waals surface area contributed by atoms with E-state index >= 15 is 0 Å². The van der Waals surface area contributed by atoms with Gasteiger partial charge < -0.3 is 14.5 Å². The van der Waals surface area contributed by atoms with Gasteiger partial charge in [-0.15, -0.1) is 0 Å². The molecule has 0 spiro atoms. The van der Waals surface area contributed by atoms with Crippen molar-refractivity contribution in [3.8, 4) is 0 Å². The highest BCUT2D eigenvalue weighted by atomic mass is 16.6. The number of nitrogens with one attached hydrogen (secondary N) is 1. The first-order valence-electron chi connectivity index (χ1n) is 7.24. The molecule has 2 atom stereocenters. The first-order chi connectivity index (χ1) is 9.66. The minimum Gasteiger partial charge on any atom is -0.444 e. The second kappa shape index (κ2) is 5.44. The zero-order valence-corrected chi connectivity index (χ0v) is 12.0. The molecule has 3 rings (SSSR count). The average molecular weight is 279 g/mol. The van der Waals surface area contributed by atoms with E-state index in [0.29, 0.717) is 25.7 Å². The lowest BCUT2D eigenvalue weighted by atomic mass is 9.94. The van der Waals surface area contributed by atoms with E-state index in [1.807, 2.05) is 4.90 Å². The highest BCUT2D eigenvalue weighted by Gasteiger charge is 2.36. The van der Waals surface area contributed by atoms with Gasteiger partial charge in [-0.05, 0) is 5.92 Å². The topological polar surface area (TPSA) is 67.5 Å². The summed E-state index contributed by atoms with van der Waals surface area (Å²) in [5, 5.41) is 0. The molecule has 2 aliphatic heterocycles. The fraction of sp³-hybridized carbons (Fsp3) is 0.714. The van der Waals surface area contributed by atoms with Gasteiger partial charge in [0.2, 0.25) is 0 Å². The number of hydrogen-bond acceptors (Lipinski definition) is 4. The van der Waals surface area contributed by atoms with Gasteiger partial charge in [-0.1, -0.05) is 13.8 Å². The summed E-state index contributed by atoms with van der Waals surface area (Å²) in [6, 6.07) is -0.0141. The molecule has 0 radical (unpaired) electrons. The summed E-state index contributed by atoms with van der Waals surface area (Å²) in [5.74, 6) is 0.296. The maximum atomic E-state index is 12.4. The maximum Gasteiger partial charge on any atom is 0.410 e. The number of aromatic nitrogens is 2. The Morgan fingerprint density at radius 2 is 2.45 bits per heavy atom. The fourth-order valence-electron chi connectivity index (χ4n) is 3.00. The molecule has 3 heterocycles. The van der Waals surface area contributed by atoms with Crippen LogP contribution in [0.25, 0.3) is 0 Å². The minimum absolute atomic E-state index is 0.0141. The lowest BCUT2D eigenvalue weighted by Crippen LogP contribution is -2.43. The van der Waals surface area contributed by atoms with Crippen LogP contribution in [-0.2, 0) is 15.9 Å². The van der Waals surface area contributed by atoms with Crippen LogP contribution in [0.5, 0.6) is 0 Å². The Morgan fingerprint density at radius 3 is 3.15 bits per heavy atom. The maximum absolute atomic E-state index is 12.4. The normalized spacial score (nSPS) is 25.9. The molecule has 110 valence electrons. The quantitative estimate of drug-likeness (QED) is 0.897. The van der Waals surface area contributed by atoms with Gasteiger partial charge in [-0.2, -0.15) is 0 Å². The molecule has 2 aliphatic rings. The molecule has 1 aromatic rings. The van der Waals surface area contributed by atoms with Gasteiger partial charge >= 0.3 is 6.09 Å². The van der Waals surface area contributed by atoms with Crippen LogP contribution in [0.15, 0.2) is 6.33 Å². The predicted molar refractivity (Wildman–Crippen MR) is 72.3 cm³/mol. The molecule has 1 saturated heterocycles. The van der Waals surface area contributed by atoms with Crippen LogP contribution in [0, 0.1) is 5.92 Å². The van der Waals surface area contributed by atoms with Crippen molar-refractivity contribution in [3.05, 3.63) is 17.7 Å². The number of nitrogens with zero attached hydrogens (tertiary/aromatic N) is 2. The summed E-state index contributed by atoms with van der Waals surface area (Å²) in [6.45, 7) is 6.07. The van der Waals surface area contributed by atoms with Crippen LogP contribution >= 0.6 is 0 Å². The number of imidazole rings is 1. The zero-order chi connectivity index (χ0) is 14.1. The summed E-state index contributed by atoms with van der Waals surface area (Å²) < 4.78 is 10.8. The molecule has 1 N–H and O–H groups in total. The van der Waals surface area contributed by atoms with Gasteiger partial charge in [0.1, 0.15) is 6.10 Å². The number of amides is 1.